The van der Waals surface area contributed by atoms with Crippen molar-refractivity contribution in [1.82, 2.24) is 20.4 Å². The molecule has 306 valence electrons. The Morgan fingerprint density at radius 1 is 0.914 bits per heavy atom. The van der Waals surface area contributed by atoms with Gasteiger partial charge in [0, 0.05) is 66.9 Å². The molecule has 2 N–H and O–H groups in total. The number of alkyl halides is 3. The van der Waals surface area contributed by atoms with E-state index >= 15 is 0 Å². The van der Waals surface area contributed by atoms with Crippen LogP contribution in [0.25, 0.3) is 0 Å². The van der Waals surface area contributed by atoms with Crippen LogP contribution < -0.4 is 25.0 Å². The van der Waals surface area contributed by atoms with Crippen LogP contribution in [0.1, 0.15) is 77.2 Å². The predicted molar refractivity (Wildman–Crippen MR) is 208 cm³/mol. The van der Waals surface area contributed by atoms with Crippen molar-refractivity contribution in [2.45, 2.75) is 70.9 Å². The van der Waals surface area contributed by atoms with Crippen molar-refractivity contribution in [3.63, 3.8) is 0 Å². The topological polar surface area (TPSA) is 144 Å². The zero-order chi connectivity index (χ0) is 41.7. The number of rotatable bonds is 10. The second-order valence-electron chi connectivity index (χ2n) is 16.4. The summed E-state index contributed by atoms with van der Waals surface area (Å²) < 4.78 is 51.6. The molecule has 2 unspecified atom stereocenters. The lowest BCUT2D eigenvalue weighted by Crippen LogP contribution is -2.74. The second kappa shape index (κ2) is 15.4. The summed E-state index contributed by atoms with van der Waals surface area (Å²) in [5.41, 5.74) is 1.28. The van der Waals surface area contributed by atoms with Crippen LogP contribution >= 0.6 is 11.6 Å². The number of benzene rings is 3. The van der Waals surface area contributed by atoms with Crippen molar-refractivity contribution in [3.8, 4) is 17.6 Å². The van der Waals surface area contributed by atoms with Crippen molar-refractivity contribution < 1.29 is 41.8 Å². The lowest BCUT2D eigenvalue weighted by atomic mass is 9.49. The number of carbonyl (C=O) groups is 4. The average molecular weight is 821 g/mol. The zero-order valence-corrected chi connectivity index (χ0v) is 33.2. The molecule has 12 nitrogen and oxygen atoms in total. The van der Waals surface area contributed by atoms with E-state index in [0.29, 0.717) is 40.8 Å². The van der Waals surface area contributed by atoms with Gasteiger partial charge in [-0.3, -0.25) is 29.0 Å². The van der Waals surface area contributed by atoms with Crippen LogP contribution in [0.3, 0.4) is 0 Å². The van der Waals surface area contributed by atoms with Crippen LogP contribution in [0.5, 0.6) is 11.5 Å². The van der Waals surface area contributed by atoms with Crippen molar-refractivity contribution in [2.75, 3.05) is 44.2 Å². The number of ether oxygens (including phenoxy) is 2. The summed E-state index contributed by atoms with van der Waals surface area (Å²) in [6, 6.07) is 15.6. The maximum absolute atomic E-state index is 13.4. The molecule has 0 bridgehead atoms. The number of carbonyl (C=O) groups excluding carboxylic acids is 4. The third kappa shape index (κ3) is 7.67. The molecule has 0 radical (unpaired) electrons. The summed E-state index contributed by atoms with van der Waals surface area (Å²) in [5.74, 6) is -1.70. The molecule has 3 aromatic carbocycles. The molecule has 0 spiro atoms. The van der Waals surface area contributed by atoms with Crippen LogP contribution in [0, 0.1) is 22.2 Å². The van der Waals surface area contributed by atoms with E-state index in [1.165, 1.54) is 12.1 Å². The molecule has 3 aromatic rings. The number of nitriles is 1. The molecule has 3 heterocycles. The average Bonchev–Trinajstić information content (AvgIpc) is 3.43. The van der Waals surface area contributed by atoms with E-state index in [9.17, 15) is 37.6 Å². The molecule has 2 saturated heterocycles. The maximum atomic E-state index is 13.4. The standard InChI is InChI=1S/C42H44ClF3N6O6/c1-40(2)38(41(3,4)39(40)58-28-10-7-25(23-47)31(43)22-28)49-34(53)24-5-8-26(9-6-24)51-17-15-50(16-18-51)19-20-57-27-11-12-29-30(21-27)37(56)52(36(29)55)32-13-14-33(42(44,45)46)48-35(32)54/h5-12,21-22,32-33,38-39H,13-20H2,1-4H3,(H,48,54)(H,49,53). The predicted octanol–water partition coefficient (Wildman–Crippen LogP) is 5.83. The molecular formula is C42H44ClF3N6O6. The Labute approximate surface area is 339 Å². The summed E-state index contributed by atoms with van der Waals surface area (Å²) in [6.45, 7) is 12.2. The highest BCUT2D eigenvalue weighted by Crippen LogP contribution is 2.55. The van der Waals surface area contributed by atoms with Gasteiger partial charge >= 0.3 is 6.18 Å². The van der Waals surface area contributed by atoms with Gasteiger partial charge in [0.05, 0.1) is 21.7 Å². The van der Waals surface area contributed by atoms with Crippen LogP contribution in [0.4, 0.5) is 18.9 Å². The monoisotopic (exact) mass is 820 g/mol. The minimum Gasteiger partial charge on any atom is -0.492 e. The molecule has 7 rings (SSSR count). The molecule has 2 atom stereocenters. The number of hydrogen-bond donors (Lipinski definition) is 2. The second-order valence-corrected chi connectivity index (χ2v) is 16.8. The number of piperidine rings is 1. The number of imide groups is 1. The SMILES string of the molecule is CC1(C)C(NC(=O)c2ccc(N3CCN(CCOc4ccc5c(c4)C(=O)N(C4CCC(C(F)(F)F)NC4=O)C5=O)CC3)cc2)C(C)(C)C1Oc1ccc(C#N)c(Cl)c1. The summed E-state index contributed by atoms with van der Waals surface area (Å²) in [6.07, 6.45) is -5.54. The zero-order valence-electron chi connectivity index (χ0n) is 32.5. The quantitative estimate of drug-likeness (QED) is 0.242. The van der Waals surface area contributed by atoms with Gasteiger partial charge in [-0.1, -0.05) is 39.3 Å². The Hall–Kier alpha value is -5.33. The van der Waals surface area contributed by atoms with Gasteiger partial charge in [-0.05, 0) is 67.4 Å². The summed E-state index contributed by atoms with van der Waals surface area (Å²) >= 11 is 6.23. The van der Waals surface area contributed by atoms with Crippen LogP contribution in [-0.4, -0.2) is 103 Å². The maximum Gasteiger partial charge on any atom is 0.408 e. The highest BCUT2D eigenvalue weighted by Gasteiger charge is 2.64. The summed E-state index contributed by atoms with van der Waals surface area (Å²) in [5, 5.41) is 14.6. The van der Waals surface area contributed by atoms with E-state index in [4.69, 9.17) is 21.1 Å². The normalized spacial score (nSPS) is 24.0. The third-order valence-corrected chi connectivity index (χ3v) is 12.2. The fraction of sp³-hybridized carbons (Fsp3) is 0.452. The van der Waals surface area contributed by atoms with E-state index in [0.717, 1.165) is 36.8 Å². The Bertz CT molecular complexity index is 2150. The first-order valence-electron chi connectivity index (χ1n) is 19.2. The first-order valence-corrected chi connectivity index (χ1v) is 19.5. The van der Waals surface area contributed by atoms with Gasteiger partial charge in [0.25, 0.3) is 17.7 Å². The Morgan fingerprint density at radius 3 is 2.19 bits per heavy atom. The Morgan fingerprint density at radius 2 is 1.57 bits per heavy atom. The van der Waals surface area contributed by atoms with Crippen molar-refractivity contribution in [2.24, 2.45) is 10.8 Å². The highest BCUT2D eigenvalue weighted by molar-refractivity contribution is 6.31. The number of anilines is 1. The van der Waals surface area contributed by atoms with E-state index < -0.39 is 42.4 Å². The molecule has 16 heteroatoms. The number of nitrogens with one attached hydrogen (secondary N) is 2. The number of amides is 4. The number of piperazine rings is 1. The fourth-order valence-corrected chi connectivity index (χ4v) is 9.27. The van der Waals surface area contributed by atoms with Gasteiger partial charge in [-0.25, -0.2) is 0 Å². The minimum atomic E-state index is -4.61. The van der Waals surface area contributed by atoms with Crippen molar-refractivity contribution in [3.05, 3.63) is 87.9 Å². The van der Waals surface area contributed by atoms with E-state index in [-0.39, 0.29) is 46.4 Å². The van der Waals surface area contributed by atoms with Crippen molar-refractivity contribution >= 4 is 40.9 Å². The van der Waals surface area contributed by atoms with Crippen LogP contribution in [0.2, 0.25) is 5.02 Å². The van der Waals surface area contributed by atoms with E-state index in [1.54, 1.807) is 24.3 Å². The van der Waals surface area contributed by atoms with Crippen LogP contribution in [0.15, 0.2) is 60.7 Å². The van der Waals surface area contributed by atoms with Gasteiger partial charge in [-0.2, -0.15) is 18.4 Å². The first-order chi connectivity index (χ1) is 27.4. The molecule has 4 aliphatic rings. The highest BCUT2D eigenvalue weighted by atomic mass is 35.5. The largest absolute Gasteiger partial charge is 0.492 e. The van der Waals surface area contributed by atoms with Gasteiger partial charge in [0.2, 0.25) is 5.91 Å². The smallest absolute Gasteiger partial charge is 0.408 e. The molecule has 3 aliphatic heterocycles. The summed E-state index contributed by atoms with van der Waals surface area (Å²) in [7, 11) is 0. The Balaban J connectivity index is 0.863. The minimum absolute atomic E-state index is 0.0477. The lowest BCUT2D eigenvalue weighted by Gasteiger charge is -2.63. The summed E-state index contributed by atoms with van der Waals surface area (Å²) in [4.78, 5) is 57.4. The molecule has 4 amide bonds. The van der Waals surface area contributed by atoms with E-state index in [2.05, 4.69) is 48.9 Å². The van der Waals surface area contributed by atoms with Gasteiger partial charge in [0.1, 0.15) is 42.4 Å². The molecule has 1 saturated carbocycles. The van der Waals surface area contributed by atoms with Gasteiger partial charge < -0.3 is 25.0 Å². The van der Waals surface area contributed by atoms with Gasteiger partial charge in [0.15, 0.2) is 0 Å². The molecular weight excluding hydrogens is 777 g/mol. The molecule has 3 fully saturated rings. The third-order valence-electron chi connectivity index (χ3n) is 11.9. The number of hydrogen-bond acceptors (Lipinski definition) is 9. The fourth-order valence-electron chi connectivity index (χ4n) is 9.06. The Kier molecular flexibility index (Phi) is 10.9. The molecule has 58 heavy (non-hydrogen) atoms. The van der Waals surface area contributed by atoms with Crippen molar-refractivity contribution in [1.29, 1.82) is 5.26 Å². The van der Waals surface area contributed by atoms with Crippen LogP contribution in [-0.2, 0) is 4.79 Å². The number of fused-ring (bicyclic) bond motifs is 1. The van der Waals surface area contributed by atoms with Gasteiger partial charge in [-0.15, -0.1) is 0 Å². The molecule has 1 aliphatic carbocycles. The molecule has 0 aromatic heterocycles. The lowest BCUT2D eigenvalue weighted by molar-refractivity contribution is -0.169. The van der Waals surface area contributed by atoms with E-state index in [1.807, 2.05) is 29.6 Å². The number of nitrogens with zero attached hydrogens (tertiary/aromatic N) is 4. The first kappa shape index (κ1) is 40.9. The number of halogens is 4.